The Labute approximate surface area is 163 Å². The number of hydrogen-bond donors (Lipinski definition) is 1. The third-order valence-corrected chi connectivity index (χ3v) is 5.12. The Morgan fingerprint density at radius 1 is 0.640 bits per heavy atom. The first-order valence-corrected chi connectivity index (χ1v) is 11.7. The van der Waals surface area contributed by atoms with E-state index < -0.39 is 0 Å². The summed E-state index contributed by atoms with van der Waals surface area (Å²) >= 11 is 4.25. The highest BCUT2D eigenvalue weighted by atomic mass is 32.1. The summed E-state index contributed by atoms with van der Waals surface area (Å²) < 4.78 is 5.26. The average Bonchev–Trinajstić information content (AvgIpc) is 2.61. The van der Waals surface area contributed by atoms with Crippen molar-refractivity contribution in [3.63, 3.8) is 0 Å². The highest BCUT2D eigenvalue weighted by Crippen LogP contribution is 2.13. The first-order chi connectivity index (χ1) is 12.3. The molecule has 0 amide bonds. The first kappa shape index (κ1) is 24.8. The van der Waals surface area contributed by atoms with Gasteiger partial charge in [0.1, 0.15) is 0 Å². The lowest BCUT2D eigenvalue weighted by molar-refractivity contribution is -0.143. The van der Waals surface area contributed by atoms with Crippen molar-refractivity contribution < 1.29 is 9.53 Å². The second kappa shape index (κ2) is 21.9. The van der Waals surface area contributed by atoms with Crippen molar-refractivity contribution in [2.45, 2.75) is 122 Å². The van der Waals surface area contributed by atoms with Gasteiger partial charge in [0.25, 0.3) is 0 Å². The number of esters is 1. The summed E-state index contributed by atoms with van der Waals surface area (Å²) in [6.07, 6.45) is 22.6. The van der Waals surface area contributed by atoms with Crippen LogP contribution in [0.15, 0.2) is 0 Å². The first-order valence-electron chi connectivity index (χ1n) is 11.1. The van der Waals surface area contributed by atoms with Gasteiger partial charge in [-0.2, -0.15) is 12.6 Å². The molecule has 0 aromatic heterocycles. The second-order valence-electron chi connectivity index (χ2n) is 7.35. The quantitative estimate of drug-likeness (QED) is 0.136. The topological polar surface area (TPSA) is 26.3 Å². The highest BCUT2D eigenvalue weighted by Gasteiger charge is 2.01. The molecule has 0 aliphatic rings. The summed E-state index contributed by atoms with van der Waals surface area (Å²) in [6, 6.07) is 0. The molecule has 0 spiro atoms. The third-order valence-electron chi connectivity index (χ3n) is 4.80. The van der Waals surface area contributed by atoms with Crippen LogP contribution >= 0.6 is 12.6 Å². The molecule has 0 saturated heterocycles. The number of carbonyl (C=O) groups excluding carboxylic acids is 1. The molecule has 150 valence electrons. The minimum atomic E-state index is -0.00448. The summed E-state index contributed by atoms with van der Waals surface area (Å²) in [5, 5.41) is 0. The van der Waals surface area contributed by atoms with E-state index in [4.69, 9.17) is 4.74 Å². The zero-order valence-corrected chi connectivity index (χ0v) is 17.8. The Bertz CT molecular complexity index is 269. The van der Waals surface area contributed by atoms with Crippen LogP contribution in [0.3, 0.4) is 0 Å². The van der Waals surface area contributed by atoms with Crippen molar-refractivity contribution in [2.24, 2.45) is 0 Å². The Morgan fingerprint density at radius 2 is 1.08 bits per heavy atom. The van der Waals surface area contributed by atoms with E-state index in [0.717, 1.165) is 31.4 Å². The van der Waals surface area contributed by atoms with Gasteiger partial charge in [-0.05, 0) is 25.0 Å². The molecule has 0 radical (unpaired) electrons. The van der Waals surface area contributed by atoms with Crippen molar-refractivity contribution in [3.05, 3.63) is 0 Å². The van der Waals surface area contributed by atoms with Gasteiger partial charge in [-0.3, -0.25) is 4.79 Å². The molecule has 0 bridgehead atoms. The SMILES string of the molecule is CCCCCC(=O)OCCCCCCCCCCCCCCCCS. The van der Waals surface area contributed by atoms with Crippen LogP contribution in [0.1, 0.15) is 122 Å². The molecule has 0 atom stereocenters. The third kappa shape index (κ3) is 21.8. The molecule has 2 nitrogen and oxygen atoms in total. The lowest BCUT2D eigenvalue weighted by Gasteiger charge is -2.05. The molecular weight excluding hydrogens is 328 g/mol. The summed E-state index contributed by atoms with van der Waals surface area (Å²) in [7, 11) is 0. The number of rotatable bonds is 20. The van der Waals surface area contributed by atoms with Crippen molar-refractivity contribution >= 4 is 18.6 Å². The van der Waals surface area contributed by atoms with E-state index in [1.54, 1.807) is 0 Å². The summed E-state index contributed by atoms with van der Waals surface area (Å²) in [4.78, 5) is 11.4. The highest BCUT2D eigenvalue weighted by molar-refractivity contribution is 7.80. The van der Waals surface area contributed by atoms with Gasteiger partial charge in [-0.25, -0.2) is 0 Å². The van der Waals surface area contributed by atoms with Crippen LogP contribution in [0.4, 0.5) is 0 Å². The van der Waals surface area contributed by atoms with Gasteiger partial charge in [0, 0.05) is 6.42 Å². The van der Waals surface area contributed by atoms with E-state index in [0.29, 0.717) is 13.0 Å². The predicted molar refractivity (Wildman–Crippen MR) is 114 cm³/mol. The lowest BCUT2D eigenvalue weighted by atomic mass is 10.0. The molecule has 0 rings (SSSR count). The van der Waals surface area contributed by atoms with Gasteiger partial charge in [0.05, 0.1) is 6.61 Å². The van der Waals surface area contributed by atoms with E-state index >= 15 is 0 Å². The molecule has 25 heavy (non-hydrogen) atoms. The van der Waals surface area contributed by atoms with Crippen LogP contribution in [0.25, 0.3) is 0 Å². The van der Waals surface area contributed by atoms with Gasteiger partial charge in [-0.15, -0.1) is 0 Å². The molecule has 0 aromatic carbocycles. The normalized spacial score (nSPS) is 11.0. The maximum atomic E-state index is 11.4. The number of unbranched alkanes of at least 4 members (excludes halogenated alkanes) is 15. The zero-order chi connectivity index (χ0) is 18.4. The van der Waals surface area contributed by atoms with Crippen molar-refractivity contribution in [2.75, 3.05) is 12.4 Å². The number of hydrogen-bond acceptors (Lipinski definition) is 3. The van der Waals surface area contributed by atoms with E-state index in [9.17, 15) is 4.79 Å². The molecule has 0 unspecified atom stereocenters. The fraction of sp³-hybridized carbons (Fsp3) is 0.955. The van der Waals surface area contributed by atoms with E-state index in [1.165, 1.54) is 83.5 Å². The van der Waals surface area contributed by atoms with Crippen molar-refractivity contribution in [1.29, 1.82) is 0 Å². The van der Waals surface area contributed by atoms with Crippen LogP contribution in [0.5, 0.6) is 0 Å². The van der Waals surface area contributed by atoms with Gasteiger partial charge in [0.15, 0.2) is 0 Å². The van der Waals surface area contributed by atoms with Crippen LogP contribution in [0.2, 0.25) is 0 Å². The summed E-state index contributed by atoms with van der Waals surface area (Å²) in [5.74, 6) is 1.04. The van der Waals surface area contributed by atoms with Crippen LogP contribution in [0, 0.1) is 0 Å². The zero-order valence-electron chi connectivity index (χ0n) is 16.9. The molecule has 0 fully saturated rings. The van der Waals surface area contributed by atoms with Crippen molar-refractivity contribution in [1.82, 2.24) is 0 Å². The molecule has 0 aromatic rings. The largest absolute Gasteiger partial charge is 0.466 e. The van der Waals surface area contributed by atoms with Gasteiger partial charge in [0.2, 0.25) is 0 Å². The molecular formula is C22H44O2S. The van der Waals surface area contributed by atoms with Crippen LogP contribution in [-0.2, 0) is 9.53 Å². The fourth-order valence-corrected chi connectivity index (χ4v) is 3.34. The smallest absolute Gasteiger partial charge is 0.305 e. The molecule has 0 heterocycles. The van der Waals surface area contributed by atoms with Gasteiger partial charge in [-0.1, -0.05) is 96.8 Å². The van der Waals surface area contributed by atoms with E-state index in [1.807, 2.05) is 0 Å². The summed E-state index contributed by atoms with van der Waals surface area (Å²) in [6.45, 7) is 2.78. The molecule has 0 aliphatic carbocycles. The Balaban J connectivity index is 3.06. The van der Waals surface area contributed by atoms with E-state index in [2.05, 4.69) is 19.6 Å². The van der Waals surface area contributed by atoms with Gasteiger partial charge < -0.3 is 4.74 Å². The van der Waals surface area contributed by atoms with Crippen LogP contribution < -0.4 is 0 Å². The molecule has 0 N–H and O–H groups in total. The maximum Gasteiger partial charge on any atom is 0.305 e. The number of thiol groups is 1. The van der Waals surface area contributed by atoms with Gasteiger partial charge >= 0.3 is 5.97 Å². The Kier molecular flexibility index (Phi) is 21.7. The minimum Gasteiger partial charge on any atom is -0.466 e. The Morgan fingerprint density at radius 3 is 1.52 bits per heavy atom. The maximum absolute atomic E-state index is 11.4. The lowest BCUT2D eigenvalue weighted by Crippen LogP contribution is -2.05. The Hall–Kier alpha value is -0.180. The number of carbonyl (C=O) groups is 1. The average molecular weight is 373 g/mol. The minimum absolute atomic E-state index is 0.00448. The summed E-state index contributed by atoms with van der Waals surface area (Å²) in [5.41, 5.74) is 0. The number of ether oxygens (including phenoxy) is 1. The van der Waals surface area contributed by atoms with Crippen LogP contribution in [-0.4, -0.2) is 18.3 Å². The predicted octanol–water partition coefficient (Wildman–Crippen LogP) is 7.50. The van der Waals surface area contributed by atoms with E-state index in [-0.39, 0.29) is 5.97 Å². The standard InChI is InChI=1S/C22H44O2S/c1-2-3-16-19-22(23)24-20-17-14-12-10-8-6-4-5-7-9-11-13-15-18-21-25/h25H,2-21H2,1H3. The molecule has 0 aliphatic heterocycles. The fourth-order valence-electron chi connectivity index (χ4n) is 3.11. The molecule has 0 saturated carbocycles. The second-order valence-corrected chi connectivity index (χ2v) is 7.80. The monoisotopic (exact) mass is 372 g/mol. The van der Waals surface area contributed by atoms with Crippen molar-refractivity contribution in [3.8, 4) is 0 Å². The molecule has 3 heteroatoms.